The number of hydrogen-bond acceptors (Lipinski definition) is 11. The highest BCUT2D eigenvalue weighted by Gasteiger charge is 2.40. The van der Waals surface area contributed by atoms with E-state index in [0.29, 0.717) is 111 Å². The maximum absolute atomic E-state index is 13.5. The van der Waals surface area contributed by atoms with Crippen molar-refractivity contribution in [3.8, 4) is 0 Å². The Labute approximate surface area is 385 Å². The van der Waals surface area contributed by atoms with Crippen molar-refractivity contribution in [3.63, 3.8) is 0 Å². The second kappa shape index (κ2) is 22.8. The normalized spacial score (nSPS) is 20.4. The van der Waals surface area contributed by atoms with Crippen LogP contribution in [0.3, 0.4) is 0 Å². The highest BCUT2D eigenvalue weighted by atomic mass is 32.2. The summed E-state index contributed by atoms with van der Waals surface area (Å²) in [5.41, 5.74) is 12.5. The van der Waals surface area contributed by atoms with Crippen LogP contribution >= 0.6 is 11.8 Å². The van der Waals surface area contributed by atoms with Gasteiger partial charge in [0.05, 0.1) is 16.9 Å². The number of nitrogens with zero attached hydrogens (tertiary/aromatic N) is 5. The van der Waals surface area contributed by atoms with Crippen molar-refractivity contribution in [3.05, 3.63) is 93.3 Å². The summed E-state index contributed by atoms with van der Waals surface area (Å²) in [6, 6.07) is 12.7. The van der Waals surface area contributed by atoms with Crippen molar-refractivity contribution in [2.45, 2.75) is 90.4 Å². The number of carboxylic acid groups (broad SMARTS) is 1. The average Bonchev–Trinajstić information content (AvgIpc) is 3.43. The summed E-state index contributed by atoms with van der Waals surface area (Å²) < 4.78 is 0. The smallest absolute Gasteiger partial charge is 0.306 e. The summed E-state index contributed by atoms with van der Waals surface area (Å²) >= 11 is 1.37. The number of carbonyl (C=O) groups is 6. The molecule has 5 amide bonds. The molecule has 1 aliphatic carbocycles. The van der Waals surface area contributed by atoms with Gasteiger partial charge in [0.1, 0.15) is 5.84 Å². The van der Waals surface area contributed by atoms with E-state index in [1.165, 1.54) is 16.7 Å². The maximum atomic E-state index is 13.5. The number of amidine groups is 1. The van der Waals surface area contributed by atoms with Gasteiger partial charge in [-0.15, -0.1) is 11.8 Å². The number of imide groups is 1. The summed E-state index contributed by atoms with van der Waals surface area (Å²) in [4.78, 5) is 91.2. The number of rotatable bonds is 19. The number of carbonyl (C=O) groups excluding carboxylic acids is 5. The lowest BCUT2D eigenvalue weighted by Crippen LogP contribution is -2.37. The first-order valence-electron chi connectivity index (χ1n) is 22.7. The van der Waals surface area contributed by atoms with Crippen LogP contribution in [0.25, 0.3) is 6.08 Å². The number of nitrogens with two attached hydrogens (primary N) is 1. The van der Waals surface area contributed by atoms with Gasteiger partial charge < -0.3 is 26.4 Å². The highest BCUT2D eigenvalue weighted by molar-refractivity contribution is 8.00. The minimum atomic E-state index is -0.779. The molecule has 0 radical (unpaired) electrons. The predicted molar refractivity (Wildman–Crippen MR) is 255 cm³/mol. The molecule has 6 rings (SSSR count). The average molecular weight is 907 g/mol. The van der Waals surface area contributed by atoms with Crippen LogP contribution in [0.2, 0.25) is 0 Å². The number of carboxylic acids is 1. The molecule has 3 heterocycles. The lowest BCUT2D eigenvalue weighted by Gasteiger charge is -2.28. The van der Waals surface area contributed by atoms with E-state index < -0.39 is 11.2 Å². The van der Waals surface area contributed by atoms with Crippen LogP contribution in [0.1, 0.15) is 110 Å². The van der Waals surface area contributed by atoms with Crippen molar-refractivity contribution >= 4 is 71.6 Å². The van der Waals surface area contributed by atoms with Crippen LogP contribution in [-0.2, 0) is 25.7 Å². The molecule has 0 aromatic heterocycles. The Balaban J connectivity index is 0.968. The summed E-state index contributed by atoms with van der Waals surface area (Å²) in [7, 11) is 0. The molecule has 65 heavy (non-hydrogen) atoms. The summed E-state index contributed by atoms with van der Waals surface area (Å²) in [6.45, 7) is 13.7. The van der Waals surface area contributed by atoms with Gasteiger partial charge in [0.2, 0.25) is 17.7 Å². The van der Waals surface area contributed by atoms with Crippen molar-refractivity contribution < 1.29 is 33.9 Å². The molecule has 15 nitrogen and oxygen atoms in total. The summed E-state index contributed by atoms with van der Waals surface area (Å²) in [5.74, 6) is -1.16. The number of allylic oxidation sites excluding steroid dienone is 1. The minimum Gasteiger partial charge on any atom is -0.481 e. The molecule has 0 bridgehead atoms. The number of hydrogen-bond donors (Lipinski definition) is 4. The van der Waals surface area contributed by atoms with Crippen molar-refractivity contribution in [2.24, 2.45) is 27.6 Å². The van der Waals surface area contributed by atoms with Gasteiger partial charge in [-0.2, -0.15) is 0 Å². The van der Waals surface area contributed by atoms with Gasteiger partial charge in [0, 0.05) is 104 Å². The number of benzene rings is 2. The summed E-state index contributed by atoms with van der Waals surface area (Å²) in [5, 5.41) is 14.7. The lowest BCUT2D eigenvalue weighted by molar-refractivity contribution is -0.144. The van der Waals surface area contributed by atoms with E-state index in [4.69, 9.17) is 5.73 Å². The number of thioether (sulfide) groups is 1. The maximum Gasteiger partial charge on any atom is 0.306 e. The molecule has 3 aliphatic heterocycles. The molecule has 346 valence electrons. The fraction of sp³-hybridized carbons (Fsp3) is 0.469. The van der Waals surface area contributed by atoms with Crippen molar-refractivity contribution in [2.75, 3.05) is 45.0 Å². The Morgan fingerprint density at radius 1 is 1.02 bits per heavy atom. The molecule has 1 saturated carbocycles. The van der Waals surface area contributed by atoms with E-state index >= 15 is 0 Å². The van der Waals surface area contributed by atoms with Crippen LogP contribution in [-0.4, -0.2) is 118 Å². The highest BCUT2D eigenvalue weighted by Crippen LogP contribution is 2.33. The Kier molecular flexibility index (Phi) is 17.1. The van der Waals surface area contributed by atoms with E-state index in [1.807, 2.05) is 50.0 Å². The second-order valence-electron chi connectivity index (χ2n) is 17.3. The van der Waals surface area contributed by atoms with Crippen molar-refractivity contribution in [1.82, 2.24) is 25.3 Å². The fourth-order valence-electron chi connectivity index (χ4n) is 8.87. The molecular formula is C49H62N8O7S. The summed E-state index contributed by atoms with van der Waals surface area (Å²) in [6.07, 6.45) is 9.05. The van der Waals surface area contributed by atoms with Gasteiger partial charge in [-0.05, 0) is 106 Å². The van der Waals surface area contributed by atoms with Gasteiger partial charge in [-0.3, -0.25) is 43.6 Å². The number of aliphatic imine (C=N–C) groups is 2. The van der Waals surface area contributed by atoms with E-state index in [1.54, 1.807) is 30.3 Å². The topological polar surface area (TPSA) is 207 Å². The monoisotopic (exact) mass is 906 g/mol. The zero-order valence-electron chi connectivity index (χ0n) is 37.8. The van der Waals surface area contributed by atoms with Crippen LogP contribution < -0.4 is 16.4 Å². The molecule has 1 unspecified atom stereocenters. The molecule has 4 aliphatic rings. The molecule has 2 aromatic carbocycles. The first-order valence-corrected chi connectivity index (χ1v) is 23.7. The number of amides is 5. The Morgan fingerprint density at radius 2 is 1.72 bits per heavy atom. The third kappa shape index (κ3) is 12.9. The van der Waals surface area contributed by atoms with Crippen LogP contribution in [0.15, 0.2) is 81.1 Å². The second-order valence-corrected chi connectivity index (χ2v) is 18.6. The predicted octanol–water partition coefficient (Wildman–Crippen LogP) is 6.09. The van der Waals surface area contributed by atoms with Gasteiger partial charge in [0.15, 0.2) is 0 Å². The lowest BCUT2D eigenvalue weighted by atomic mass is 9.82. The van der Waals surface area contributed by atoms with E-state index in [-0.39, 0.29) is 54.2 Å². The van der Waals surface area contributed by atoms with Crippen molar-refractivity contribution in [1.29, 1.82) is 0 Å². The van der Waals surface area contributed by atoms with Gasteiger partial charge in [0.25, 0.3) is 11.8 Å². The Morgan fingerprint density at radius 3 is 2.40 bits per heavy atom. The first kappa shape index (κ1) is 48.6. The third-order valence-electron chi connectivity index (χ3n) is 12.3. The van der Waals surface area contributed by atoms with Gasteiger partial charge in [-0.25, -0.2) is 4.99 Å². The molecule has 2 aromatic rings. The minimum absolute atomic E-state index is 0.0471. The van der Waals surface area contributed by atoms with Crippen LogP contribution in [0.4, 0.5) is 5.69 Å². The standard InChI is InChI=1S/C49H62N8O7S/c1-5-19-56(20-6-2)47(61)38-24-36-15-16-37(25-41(36)54-43(50)26-38)46(60)53-31(3)23-39-30-55(21-17-40(39)51-4)28-32-7-11-34(12-8-32)45(59)52-18-22-65-42-27-44(58)57(48(42)62)29-33-9-13-35(14-10-33)49(63)64/h7-8,11-12,15-16,23-25,33,35,42H,4-6,9-10,13-14,17-22,26-30H2,1-3H3,(H2,50,54)(H,52,59)(H,53,60)(H,63,64)/b31-23+. The SMILES string of the molecule is C=NC1=C(/C=C(\C)NC(=O)c2ccc3c(c2)N=C(N)CC(C(=O)N(CCC)CCC)=C3)CN(Cc2ccc(C(=O)NCCSC3CC(=O)N(CC4CCC(C(=O)O)CC4)C3=O)cc2)CC1. The molecule has 2 fully saturated rings. The van der Waals surface area contributed by atoms with E-state index in [0.717, 1.165) is 41.8 Å². The molecule has 16 heteroatoms. The van der Waals surface area contributed by atoms with E-state index in [2.05, 4.69) is 32.2 Å². The number of aliphatic carboxylic acids is 1. The molecular weight excluding hydrogens is 845 g/mol. The fourth-order valence-corrected chi connectivity index (χ4v) is 9.90. The first-order chi connectivity index (χ1) is 31.3. The number of nitrogens with one attached hydrogen (secondary N) is 2. The Hall–Kier alpha value is -5.87. The molecule has 0 spiro atoms. The third-order valence-corrected chi connectivity index (χ3v) is 13.5. The van der Waals surface area contributed by atoms with E-state index in [9.17, 15) is 33.9 Å². The number of likely N-dealkylation sites (tertiary alicyclic amines) is 1. The zero-order chi connectivity index (χ0) is 46.6. The van der Waals surface area contributed by atoms with Crippen LogP contribution in [0.5, 0.6) is 0 Å². The zero-order valence-corrected chi connectivity index (χ0v) is 38.6. The van der Waals surface area contributed by atoms with Gasteiger partial charge in [-0.1, -0.05) is 32.0 Å². The van der Waals surface area contributed by atoms with Gasteiger partial charge >= 0.3 is 5.97 Å². The Bertz CT molecular complexity index is 2270. The molecule has 5 N–H and O–H groups in total. The van der Waals surface area contributed by atoms with Crippen LogP contribution in [0, 0.1) is 11.8 Å². The quantitative estimate of drug-likeness (QED) is 0.0725. The largest absolute Gasteiger partial charge is 0.481 e. The molecule has 1 saturated heterocycles. The number of fused-ring (bicyclic) bond motifs is 1. The molecule has 1 atom stereocenters.